The monoisotopic (exact) mass is 364 g/mol. The Morgan fingerprint density at radius 2 is 2.00 bits per heavy atom. The standard InChI is InChI=1S/C20H25BN4O2/c1-13-9-15(3)24-18(13)17(11-27-20(26)23-8-7-22-12-23)19-14(2)10-16(4)25(19)21(24,5)6/h7-10,12H,11H2,1-6H3. The fourth-order valence-electron chi connectivity index (χ4n) is 4.97. The summed E-state index contributed by atoms with van der Waals surface area (Å²) in [4.78, 5) is 16.3. The maximum absolute atomic E-state index is 12.4. The lowest BCUT2D eigenvalue weighted by molar-refractivity contribution is -0.336. The first-order chi connectivity index (χ1) is 12.7. The van der Waals surface area contributed by atoms with Gasteiger partial charge in [-0.1, -0.05) is 0 Å². The molecule has 0 unspecified atom stereocenters. The number of aryl methyl sites for hydroxylation is 2. The summed E-state index contributed by atoms with van der Waals surface area (Å²) in [6.45, 7) is 13.3. The van der Waals surface area contributed by atoms with E-state index < -0.39 is 12.5 Å². The molecule has 27 heavy (non-hydrogen) atoms. The Hall–Kier alpha value is -2.83. The Kier molecular flexibility index (Phi) is 3.80. The maximum atomic E-state index is 12.4. The number of imidazole rings is 1. The van der Waals surface area contributed by atoms with E-state index in [9.17, 15) is 4.79 Å². The van der Waals surface area contributed by atoms with Crippen LogP contribution in [0.2, 0.25) is 13.6 Å². The highest BCUT2D eigenvalue weighted by Crippen LogP contribution is 2.40. The number of rotatable bonds is 2. The molecule has 0 atom stereocenters. The number of carbonyl (C=O) groups excluding carboxylic acids is 1. The molecule has 0 aliphatic carbocycles. The molecule has 0 spiro atoms. The number of hydrogen-bond donors (Lipinski definition) is 0. The summed E-state index contributed by atoms with van der Waals surface area (Å²) >= 11 is 0. The molecular weight excluding hydrogens is 339 g/mol. The predicted octanol–water partition coefficient (Wildman–Crippen LogP) is 3.69. The molecule has 4 rings (SSSR count). The van der Waals surface area contributed by atoms with Crippen molar-refractivity contribution in [3.8, 4) is 0 Å². The molecule has 7 heteroatoms. The normalized spacial score (nSPS) is 17.8. The zero-order valence-electron chi connectivity index (χ0n) is 16.8. The van der Waals surface area contributed by atoms with E-state index in [1.807, 2.05) is 0 Å². The van der Waals surface area contributed by atoms with Gasteiger partial charge in [-0.2, -0.15) is 0 Å². The molecule has 0 fully saturated rings. The van der Waals surface area contributed by atoms with E-state index in [1.165, 1.54) is 44.8 Å². The molecule has 0 N–H and O–H groups in total. The minimum Gasteiger partial charge on any atom is -0.459 e. The SMILES string of the molecule is CC1=CC(C)=[N+]2C1=C(COC(=O)n1ccnc1)c1c(C)cc(C)n1[B-]2(C)C. The van der Waals surface area contributed by atoms with E-state index >= 15 is 0 Å². The van der Waals surface area contributed by atoms with Crippen molar-refractivity contribution in [2.45, 2.75) is 41.3 Å². The highest BCUT2D eigenvalue weighted by molar-refractivity contribution is 6.69. The molecule has 0 radical (unpaired) electrons. The number of allylic oxidation sites excluding steroid dienone is 2. The van der Waals surface area contributed by atoms with Crippen LogP contribution in [0.5, 0.6) is 0 Å². The lowest BCUT2D eigenvalue weighted by atomic mass is 9.48. The van der Waals surface area contributed by atoms with Gasteiger partial charge < -0.3 is 13.7 Å². The highest BCUT2D eigenvalue weighted by Gasteiger charge is 2.45. The van der Waals surface area contributed by atoms with Gasteiger partial charge in [-0.25, -0.2) is 14.3 Å². The number of aromatic nitrogens is 3. The zero-order valence-corrected chi connectivity index (χ0v) is 16.8. The molecule has 0 aromatic carbocycles. The molecule has 0 amide bonds. The number of ether oxygens (including phenoxy) is 1. The first-order valence-corrected chi connectivity index (χ1v) is 9.36. The molecule has 2 aliphatic heterocycles. The summed E-state index contributed by atoms with van der Waals surface area (Å²) in [6, 6.07) is 2.22. The Balaban J connectivity index is 1.85. The van der Waals surface area contributed by atoms with Gasteiger partial charge in [-0.15, -0.1) is 13.6 Å². The van der Waals surface area contributed by atoms with Crippen LogP contribution in [0.3, 0.4) is 0 Å². The maximum Gasteiger partial charge on any atom is 0.419 e. The minimum absolute atomic E-state index is 0.220. The number of nitrogens with zero attached hydrogens (tertiary/aromatic N) is 4. The van der Waals surface area contributed by atoms with Crippen molar-refractivity contribution in [3.05, 3.63) is 59.1 Å². The molecule has 2 aliphatic rings. The van der Waals surface area contributed by atoms with Crippen LogP contribution < -0.4 is 0 Å². The van der Waals surface area contributed by atoms with Gasteiger partial charge in [0.2, 0.25) is 0 Å². The lowest BCUT2D eigenvalue weighted by Crippen LogP contribution is -2.53. The van der Waals surface area contributed by atoms with Crippen LogP contribution >= 0.6 is 0 Å². The van der Waals surface area contributed by atoms with Crippen molar-refractivity contribution < 1.29 is 14.0 Å². The zero-order chi connectivity index (χ0) is 19.5. The first-order valence-electron chi connectivity index (χ1n) is 9.36. The van der Waals surface area contributed by atoms with E-state index in [1.54, 1.807) is 12.4 Å². The van der Waals surface area contributed by atoms with Gasteiger partial charge in [0.15, 0.2) is 5.70 Å². The smallest absolute Gasteiger partial charge is 0.419 e. The largest absolute Gasteiger partial charge is 0.459 e. The van der Waals surface area contributed by atoms with E-state index in [2.05, 4.69) is 67.4 Å². The van der Waals surface area contributed by atoms with Crippen molar-refractivity contribution >= 4 is 23.8 Å². The number of hydrogen-bond acceptors (Lipinski definition) is 3. The second-order valence-electron chi connectivity index (χ2n) is 8.10. The van der Waals surface area contributed by atoms with Gasteiger partial charge in [-0.05, 0) is 38.1 Å². The quantitative estimate of drug-likeness (QED) is 0.764. The van der Waals surface area contributed by atoms with Gasteiger partial charge in [0.1, 0.15) is 18.6 Å². The molecular formula is C20H25BN4O2. The van der Waals surface area contributed by atoms with Gasteiger partial charge in [-0.3, -0.25) is 0 Å². The van der Waals surface area contributed by atoms with E-state index in [0.717, 1.165) is 5.57 Å². The summed E-state index contributed by atoms with van der Waals surface area (Å²) in [7, 11) is 0. The molecule has 0 bridgehead atoms. The Morgan fingerprint density at radius 3 is 2.67 bits per heavy atom. The van der Waals surface area contributed by atoms with Crippen LogP contribution in [-0.2, 0) is 4.74 Å². The van der Waals surface area contributed by atoms with E-state index in [-0.39, 0.29) is 6.61 Å². The van der Waals surface area contributed by atoms with E-state index in [4.69, 9.17) is 4.74 Å². The lowest BCUT2D eigenvalue weighted by Gasteiger charge is -2.40. The molecule has 140 valence electrons. The third-order valence-electron chi connectivity index (χ3n) is 5.73. The summed E-state index contributed by atoms with van der Waals surface area (Å²) in [5, 5.41) is 0. The third kappa shape index (κ3) is 2.45. The van der Waals surface area contributed by atoms with Crippen molar-refractivity contribution in [2.24, 2.45) is 0 Å². The van der Waals surface area contributed by atoms with Gasteiger partial charge >= 0.3 is 12.5 Å². The average molecular weight is 364 g/mol. The average Bonchev–Trinajstić information content (AvgIpc) is 3.27. The summed E-state index contributed by atoms with van der Waals surface area (Å²) < 4.78 is 11.8. The van der Waals surface area contributed by atoms with Gasteiger partial charge in [0.25, 0.3) is 0 Å². The molecule has 4 heterocycles. The first kappa shape index (κ1) is 17.6. The number of carbonyl (C=O) groups is 1. The minimum atomic E-state index is -1.02. The fraction of sp³-hybridized carbons (Fsp3) is 0.350. The second kappa shape index (κ2) is 5.84. The molecule has 2 aromatic heterocycles. The van der Waals surface area contributed by atoms with Crippen molar-refractivity contribution in [2.75, 3.05) is 6.61 Å². The Morgan fingerprint density at radius 1 is 1.26 bits per heavy atom. The third-order valence-corrected chi connectivity index (χ3v) is 5.73. The molecule has 2 aromatic rings. The fourth-order valence-corrected chi connectivity index (χ4v) is 4.97. The van der Waals surface area contributed by atoms with Gasteiger partial charge in [0, 0.05) is 36.7 Å². The summed E-state index contributed by atoms with van der Waals surface area (Å²) in [6.07, 6.45) is 5.39. The summed E-state index contributed by atoms with van der Waals surface area (Å²) in [5.41, 5.74) is 8.26. The van der Waals surface area contributed by atoms with Crippen molar-refractivity contribution in [3.63, 3.8) is 0 Å². The van der Waals surface area contributed by atoms with Crippen molar-refractivity contribution in [1.82, 2.24) is 14.0 Å². The predicted molar refractivity (Wildman–Crippen MR) is 107 cm³/mol. The van der Waals surface area contributed by atoms with Crippen LogP contribution in [-0.4, -0.2) is 43.3 Å². The van der Waals surface area contributed by atoms with Crippen LogP contribution in [0.1, 0.15) is 30.8 Å². The number of fused-ring (bicyclic) bond motifs is 2. The summed E-state index contributed by atoms with van der Waals surface area (Å²) in [5.74, 6) is 0. The van der Waals surface area contributed by atoms with Crippen molar-refractivity contribution in [1.29, 1.82) is 0 Å². The highest BCUT2D eigenvalue weighted by atomic mass is 16.5. The Bertz CT molecular complexity index is 1050. The van der Waals surface area contributed by atoms with Crippen LogP contribution in [0.15, 0.2) is 42.1 Å². The Labute approximate surface area is 159 Å². The van der Waals surface area contributed by atoms with Crippen LogP contribution in [0.25, 0.3) is 5.57 Å². The molecule has 0 saturated heterocycles. The van der Waals surface area contributed by atoms with Crippen LogP contribution in [0, 0.1) is 13.8 Å². The van der Waals surface area contributed by atoms with E-state index in [0.29, 0.717) is 0 Å². The van der Waals surface area contributed by atoms with Gasteiger partial charge in [0.05, 0.1) is 5.57 Å². The molecule has 0 saturated carbocycles. The second-order valence-corrected chi connectivity index (χ2v) is 8.10. The van der Waals surface area contributed by atoms with Crippen LogP contribution in [0.4, 0.5) is 4.79 Å². The molecule has 6 nitrogen and oxygen atoms in total. The topological polar surface area (TPSA) is 52.1 Å².